The molecule has 2 aromatic heterocycles. The lowest BCUT2D eigenvalue weighted by Gasteiger charge is -2.30. The highest BCUT2D eigenvalue weighted by molar-refractivity contribution is 7.88. The number of anilines is 1. The normalized spacial score (nSPS) is 15.8. The van der Waals surface area contributed by atoms with Gasteiger partial charge in [-0.05, 0) is 44.9 Å². The van der Waals surface area contributed by atoms with Crippen LogP contribution in [0.4, 0.5) is 5.69 Å². The van der Waals surface area contributed by atoms with E-state index in [0.29, 0.717) is 48.3 Å². The Morgan fingerprint density at radius 2 is 2.03 bits per heavy atom. The third kappa shape index (κ3) is 4.26. The number of aromatic amines is 1. The van der Waals surface area contributed by atoms with Crippen LogP contribution >= 0.6 is 0 Å². The number of hydrogen-bond acceptors (Lipinski definition) is 6. The van der Waals surface area contributed by atoms with Crippen LogP contribution in [0, 0.1) is 11.3 Å². The van der Waals surface area contributed by atoms with Crippen LogP contribution in [0.3, 0.4) is 0 Å². The van der Waals surface area contributed by atoms with Gasteiger partial charge >= 0.3 is 0 Å². The van der Waals surface area contributed by atoms with Gasteiger partial charge < -0.3 is 15.6 Å². The number of nitrogens with zero attached hydrogens (tertiary/aromatic N) is 3. The quantitative estimate of drug-likeness (QED) is 0.543. The van der Waals surface area contributed by atoms with Crippen molar-refractivity contribution in [1.82, 2.24) is 19.6 Å². The molecular weight excluding hydrogens is 428 g/mol. The minimum Gasteiger partial charge on any atom is -0.380 e. The molecule has 4 rings (SSSR count). The maximum Gasteiger partial charge on any atom is 0.255 e. The van der Waals surface area contributed by atoms with Crippen molar-refractivity contribution >= 4 is 43.6 Å². The Hall–Kier alpha value is -3.16. The van der Waals surface area contributed by atoms with Gasteiger partial charge in [-0.3, -0.25) is 9.78 Å². The molecule has 1 aliphatic rings. The first-order valence-electron chi connectivity index (χ1n) is 10.5. The van der Waals surface area contributed by atoms with Crippen molar-refractivity contribution in [3.05, 3.63) is 35.5 Å². The highest BCUT2D eigenvalue weighted by Gasteiger charge is 2.27. The molecule has 3 N–H and O–H groups in total. The van der Waals surface area contributed by atoms with Gasteiger partial charge in [0.1, 0.15) is 0 Å². The highest BCUT2D eigenvalue weighted by atomic mass is 32.2. The number of pyridine rings is 1. The van der Waals surface area contributed by atoms with Crippen molar-refractivity contribution in [1.29, 1.82) is 5.26 Å². The lowest BCUT2D eigenvalue weighted by molar-refractivity contribution is 0.0924. The van der Waals surface area contributed by atoms with E-state index < -0.39 is 10.0 Å². The Morgan fingerprint density at radius 1 is 1.31 bits per heavy atom. The van der Waals surface area contributed by atoms with E-state index in [1.807, 2.05) is 19.9 Å². The van der Waals surface area contributed by atoms with E-state index in [2.05, 4.69) is 26.7 Å². The molecule has 1 aromatic carbocycles. The summed E-state index contributed by atoms with van der Waals surface area (Å²) in [6, 6.07) is 7.48. The van der Waals surface area contributed by atoms with Crippen LogP contribution in [0.5, 0.6) is 0 Å². The Morgan fingerprint density at radius 3 is 2.66 bits per heavy atom. The van der Waals surface area contributed by atoms with Crippen LogP contribution in [0.25, 0.3) is 21.9 Å². The van der Waals surface area contributed by atoms with Crippen molar-refractivity contribution in [2.24, 2.45) is 0 Å². The topological polar surface area (TPSA) is 131 Å². The minimum atomic E-state index is -3.22. The van der Waals surface area contributed by atoms with Crippen molar-refractivity contribution in [2.45, 2.75) is 38.8 Å². The van der Waals surface area contributed by atoms with Gasteiger partial charge in [-0.15, -0.1) is 0 Å². The van der Waals surface area contributed by atoms with Gasteiger partial charge in [0.2, 0.25) is 10.0 Å². The number of aromatic nitrogens is 2. The van der Waals surface area contributed by atoms with Crippen molar-refractivity contribution in [3.8, 4) is 6.07 Å². The van der Waals surface area contributed by atoms with Gasteiger partial charge in [-0.25, -0.2) is 12.7 Å². The summed E-state index contributed by atoms with van der Waals surface area (Å²) in [5.41, 5.74) is 3.84. The molecule has 1 saturated heterocycles. The molecule has 0 atom stereocenters. The SMILES string of the molecule is CC(C)Nc1c(C(=O)NC2CCN(S(C)(=O)=O)CC2)cnc2c1[nH]c1cc(C#N)ccc12. The second-order valence-electron chi connectivity index (χ2n) is 8.48. The summed E-state index contributed by atoms with van der Waals surface area (Å²) in [6.45, 7) is 4.76. The first-order chi connectivity index (χ1) is 15.2. The summed E-state index contributed by atoms with van der Waals surface area (Å²) in [6.07, 6.45) is 3.89. The largest absolute Gasteiger partial charge is 0.380 e. The number of carbonyl (C=O) groups is 1. The fraction of sp³-hybridized carbons (Fsp3) is 0.409. The Kier molecular flexibility index (Phi) is 5.79. The number of nitrogens with one attached hydrogen (secondary N) is 3. The number of H-pyrrole nitrogens is 1. The standard InChI is InChI=1S/C22H26N6O3S/c1-13(2)25-20-17(22(29)26-15-6-8-28(9-7-15)32(3,30)31)12-24-19-16-5-4-14(11-23)10-18(16)27-21(19)20/h4-5,10,12-13,15,27H,6-9H2,1-3H3,(H,24,25)(H,26,29). The van der Waals surface area contributed by atoms with Gasteiger partial charge in [0.05, 0.1) is 40.2 Å². The van der Waals surface area contributed by atoms with E-state index in [1.165, 1.54) is 10.6 Å². The van der Waals surface area contributed by atoms with E-state index in [1.54, 1.807) is 18.3 Å². The lowest BCUT2D eigenvalue weighted by atomic mass is 10.1. The zero-order valence-electron chi connectivity index (χ0n) is 18.3. The van der Waals surface area contributed by atoms with Crippen molar-refractivity contribution in [2.75, 3.05) is 24.7 Å². The zero-order valence-corrected chi connectivity index (χ0v) is 19.1. The molecule has 1 aliphatic heterocycles. The zero-order chi connectivity index (χ0) is 23.0. The molecule has 9 nitrogen and oxygen atoms in total. The molecule has 3 aromatic rings. The maximum absolute atomic E-state index is 13.2. The molecule has 0 radical (unpaired) electrons. The first-order valence-corrected chi connectivity index (χ1v) is 12.4. The number of rotatable bonds is 5. The average Bonchev–Trinajstić information content (AvgIpc) is 3.11. The second kappa shape index (κ2) is 8.41. The average molecular weight is 455 g/mol. The highest BCUT2D eigenvalue weighted by Crippen LogP contribution is 2.32. The monoisotopic (exact) mass is 454 g/mol. The maximum atomic E-state index is 13.2. The summed E-state index contributed by atoms with van der Waals surface area (Å²) in [4.78, 5) is 21.0. The van der Waals surface area contributed by atoms with Gasteiger partial charge in [0.15, 0.2) is 0 Å². The number of fused-ring (bicyclic) bond motifs is 3. The summed E-state index contributed by atoms with van der Waals surface area (Å²) < 4.78 is 24.9. The van der Waals surface area contributed by atoms with E-state index in [4.69, 9.17) is 0 Å². The number of hydrogen-bond donors (Lipinski definition) is 3. The van der Waals surface area contributed by atoms with E-state index in [-0.39, 0.29) is 18.0 Å². The number of benzene rings is 1. The minimum absolute atomic E-state index is 0.0752. The number of carbonyl (C=O) groups excluding carboxylic acids is 1. The number of nitriles is 1. The predicted molar refractivity (Wildman–Crippen MR) is 124 cm³/mol. The van der Waals surface area contributed by atoms with E-state index >= 15 is 0 Å². The van der Waals surface area contributed by atoms with Crippen LogP contribution in [0.2, 0.25) is 0 Å². The molecule has 1 fully saturated rings. The molecule has 32 heavy (non-hydrogen) atoms. The van der Waals surface area contributed by atoms with Gasteiger partial charge in [-0.1, -0.05) is 0 Å². The molecule has 0 bridgehead atoms. The first kappa shape index (κ1) is 22.0. The molecule has 0 spiro atoms. The molecule has 0 aliphatic carbocycles. The summed E-state index contributed by atoms with van der Waals surface area (Å²) in [7, 11) is -3.22. The fourth-order valence-corrected chi connectivity index (χ4v) is 4.98. The van der Waals surface area contributed by atoms with Crippen LogP contribution < -0.4 is 10.6 Å². The predicted octanol–water partition coefficient (Wildman–Crippen LogP) is 2.56. The van der Waals surface area contributed by atoms with Crippen LogP contribution in [0.15, 0.2) is 24.4 Å². The summed E-state index contributed by atoms with van der Waals surface area (Å²) in [5, 5.41) is 16.5. The number of sulfonamides is 1. The molecule has 3 heterocycles. The van der Waals surface area contributed by atoms with Gasteiger partial charge in [0.25, 0.3) is 5.91 Å². The van der Waals surface area contributed by atoms with Gasteiger partial charge in [-0.2, -0.15) is 5.26 Å². The Labute approximate surface area is 186 Å². The van der Waals surface area contributed by atoms with Crippen molar-refractivity contribution in [3.63, 3.8) is 0 Å². The molecule has 1 amide bonds. The molecule has 10 heteroatoms. The van der Waals surface area contributed by atoms with Crippen molar-refractivity contribution < 1.29 is 13.2 Å². The van der Waals surface area contributed by atoms with Gasteiger partial charge in [0, 0.05) is 42.3 Å². The number of piperidine rings is 1. The van der Waals surface area contributed by atoms with Crippen LogP contribution in [0.1, 0.15) is 42.6 Å². The van der Waals surface area contributed by atoms with Crippen LogP contribution in [-0.2, 0) is 10.0 Å². The van der Waals surface area contributed by atoms with Crippen LogP contribution in [-0.4, -0.2) is 60.0 Å². The molecular formula is C22H26N6O3S. The molecule has 0 unspecified atom stereocenters. The third-order valence-electron chi connectivity index (χ3n) is 5.68. The summed E-state index contributed by atoms with van der Waals surface area (Å²) in [5.74, 6) is -0.253. The smallest absolute Gasteiger partial charge is 0.255 e. The number of amides is 1. The molecule has 168 valence electrons. The van der Waals surface area contributed by atoms with E-state index in [9.17, 15) is 18.5 Å². The second-order valence-corrected chi connectivity index (χ2v) is 10.5. The molecule has 0 saturated carbocycles. The van der Waals surface area contributed by atoms with E-state index in [0.717, 1.165) is 16.4 Å². The Bertz CT molecular complexity index is 1330. The Balaban J connectivity index is 1.66. The third-order valence-corrected chi connectivity index (χ3v) is 6.98. The lowest BCUT2D eigenvalue weighted by Crippen LogP contribution is -2.46. The summed E-state index contributed by atoms with van der Waals surface area (Å²) >= 11 is 0. The fourth-order valence-electron chi connectivity index (χ4n) is 4.10.